The first kappa shape index (κ1) is 16.1. The zero-order valence-electron chi connectivity index (χ0n) is 12.6. The lowest BCUT2D eigenvalue weighted by atomic mass is 10.2. The van der Waals surface area contributed by atoms with Crippen LogP contribution < -0.4 is 0 Å². The highest BCUT2D eigenvalue weighted by molar-refractivity contribution is 6.33. The van der Waals surface area contributed by atoms with E-state index in [-0.39, 0.29) is 12.3 Å². The van der Waals surface area contributed by atoms with Crippen molar-refractivity contribution >= 4 is 17.5 Å². The summed E-state index contributed by atoms with van der Waals surface area (Å²) in [6.45, 7) is 2.64. The zero-order valence-corrected chi connectivity index (χ0v) is 13.3. The molecule has 5 nitrogen and oxygen atoms in total. The molecule has 0 aliphatic heterocycles. The van der Waals surface area contributed by atoms with Crippen LogP contribution in [-0.2, 0) is 6.54 Å². The highest BCUT2D eigenvalue weighted by Gasteiger charge is 2.23. The number of amides is 1. The summed E-state index contributed by atoms with van der Waals surface area (Å²) in [4.78, 5) is 13.9. The predicted molar refractivity (Wildman–Crippen MR) is 84.7 cm³/mol. The van der Waals surface area contributed by atoms with Gasteiger partial charge in [-0.3, -0.25) is 4.79 Å². The number of aromatic nitrogens is 2. The Bertz CT molecular complexity index is 703. The molecular weight excluding hydrogens is 300 g/mol. The molecule has 22 heavy (non-hydrogen) atoms. The SMILES string of the molecule is Cc1nn(Cc2ccccc2)c(Cl)c1C(=O)N(C)CCC#N. The fourth-order valence-corrected chi connectivity index (χ4v) is 2.48. The largest absolute Gasteiger partial charge is 0.341 e. The van der Waals surface area contributed by atoms with Gasteiger partial charge in [0.2, 0.25) is 0 Å². The van der Waals surface area contributed by atoms with E-state index >= 15 is 0 Å². The first-order valence-electron chi connectivity index (χ1n) is 6.93. The lowest BCUT2D eigenvalue weighted by Gasteiger charge is -2.15. The molecule has 1 aromatic heterocycles. The standard InChI is InChI=1S/C16H17ClN4O/c1-12-14(16(22)20(2)10-6-9-18)15(17)21(19-12)11-13-7-4-3-5-8-13/h3-5,7-8H,6,10-11H2,1-2H3. The molecule has 1 amide bonds. The van der Waals surface area contributed by atoms with Gasteiger partial charge < -0.3 is 4.90 Å². The summed E-state index contributed by atoms with van der Waals surface area (Å²) in [7, 11) is 1.66. The van der Waals surface area contributed by atoms with Crippen molar-refractivity contribution in [3.63, 3.8) is 0 Å². The topological polar surface area (TPSA) is 61.9 Å². The predicted octanol–water partition coefficient (Wildman–Crippen LogP) is 2.88. The highest BCUT2D eigenvalue weighted by atomic mass is 35.5. The van der Waals surface area contributed by atoms with Gasteiger partial charge in [0.1, 0.15) is 5.15 Å². The van der Waals surface area contributed by atoms with Crippen molar-refractivity contribution in [1.29, 1.82) is 5.26 Å². The van der Waals surface area contributed by atoms with Crippen LogP contribution in [0.3, 0.4) is 0 Å². The molecule has 2 aromatic rings. The van der Waals surface area contributed by atoms with Crippen molar-refractivity contribution in [2.45, 2.75) is 19.9 Å². The van der Waals surface area contributed by atoms with Crippen LogP contribution in [0, 0.1) is 18.3 Å². The first-order chi connectivity index (χ1) is 10.5. The Morgan fingerprint density at radius 1 is 1.41 bits per heavy atom. The fourth-order valence-electron chi connectivity index (χ4n) is 2.17. The van der Waals surface area contributed by atoms with Gasteiger partial charge in [0.15, 0.2) is 0 Å². The first-order valence-corrected chi connectivity index (χ1v) is 7.31. The fraction of sp³-hybridized carbons (Fsp3) is 0.312. The molecule has 0 radical (unpaired) electrons. The van der Waals surface area contributed by atoms with Crippen molar-refractivity contribution in [3.05, 3.63) is 52.3 Å². The van der Waals surface area contributed by atoms with Crippen LogP contribution >= 0.6 is 11.6 Å². The minimum atomic E-state index is -0.211. The van der Waals surface area contributed by atoms with E-state index in [9.17, 15) is 4.79 Å². The Morgan fingerprint density at radius 3 is 2.73 bits per heavy atom. The van der Waals surface area contributed by atoms with E-state index in [4.69, 9.17) is 16.9 Å². The van der Waals surface area contributed by atoms with E-state index in [0.29, 0.717) is 29.5 Å². The summed E-state index contributed by atoms with van der Waals surface area (Å²) in [6, 6.07) is 11.8. The van der Waals surface area contributed by atoms with Crippen LogP contribution in [0.2, 0.25) is 5.15 Å². The summed E-state index contributed by atoms with van der Waals surface area (Å²) in [5.74, 6) is -0.211. The molecule has 0 N–H and O–H groups in total. The lowest BCUT2D eigenvalue weighted by Crippen LogP contribution is -2.28. The lowest BCUT2D eigenvalue weighted by molar-refractivity contribution is 0.0797. The van der Waals surface area contributed by atoms with Crippen LogP contribution in [0.15, 0.2) is 30.3 Å². The molecule has 0 saturated carbocycles. The Morgan fingerprint density at radius 2 is 2.09 bits per heavy atom. The highest BCUT2D eigenvalue weighted by Crippen LogP contribution is 2.22. The summed E-state index contributed by atoms with van der Waals surface area (Å²) < 4.78 is 1.62. The summed E-state index contributed by atoms with van der Waals surface area (Å²) in [6.07, 6.45) is 0.289. The molecule has 114 valence electrons. The summed E-state index contributed by atoms with van der Waals surface area (Å²) in [5, 5.41) is 13.3. The third-order valence-corrected chi connectivity index (χ3v) is 3.74. The smallest absolute Gasteiger partial charge is 0.258 e. The van der Waals surface area contributed by atoms with Crippen molar-refractivity contribution in [2.75, 3.05) is 13.6 Å². The molecular formula is C16H17ClN4O. The van der Waals surface area contributed by atoms with E-state index < -0.39 is 0 Å². The van der Waals surface area contributed by atoms with Crippen molar-refractivity contribution in [2.24, 2.45) is 0 Å². The molecule has 6 heteroatoms. The molecule has 0 spiro atoms. The average Bonchev–Trinajstić information content (AvgIpc) is 2.79. The molecule has 0 aliphatic carbocycles. The van der Waals surface area contributed by atoms with E-state index in [1.165, 1.54) is 4.90 Å². The van der Waals surface area contributed by atoms with Gasteiger partial charge in [0.25, 0.3) is 5.91 Å². The van der Waals surface area contributed by atoms with E-state index in [0.717, 1.165) is 5.56 Å². The molecule has 2 rings (SSSR count). The summed E-state index contributed by atoms with van der Waals surface area (Å²) >= 11 is 6.34. The van der Waals surface area contributed by atoms with Crippen LogP contribution in [0.4, 0.5) is 0 Å². The number of aryl methyl sites for hydroxylation is 1. The number of halogens is 1. The summed E-state index contributed by atoms with van der Waals surface area (Å²) in [5.41, 5.74) is 2.05. The number of carbonyl (C=O) groups excluding carboxylic acids is 1. The molecule has 0 atom stereocenters. The number of hydrogen-bond donors (Lipinski definition) is 0. The number of carbonyl (C=O) groups is 1. The second-order valence-corrected chi connectivity index (χ2v) is 5.39. The number of hydrogen-bond acceptors (Lipinski definition) is 3. The number of nitriles is 1. The van der Waals surface area contributed by atoms with Gasteiger partial charge in [-0.1, -0.05) is 41.9 Å². The number of rotatable bonds is 5. The van der Waals surface area contributed by atoms with Gasteiger partial charge in [0, 0.05) is 13.6 Å². The van der Waals surface area contributed by atoms with Gasteiger partial charge in [0.05, 0.1) is 30.3 Å². The van der Waals surface area contributed by atoms with Gasteiger partial charge in [-0.25, -0.2) is 4.68 Å². The molecule has 1 heterocycles. The molecule has 0 unspecified atom stereocenters. The average molecular weight is 317 g/mol. The Hall–Kier alpha value is -2.32. The second kappa shape index (κ2) is 7.10. The van der Waals surface area contributed by atoms with Crippen molar-refractivity contribution < 1.29 is 4.79 Å². The van der Waals surface area contributed by atoms with Crippen molar-refractivity contribution in [1.82, 2.24) is 14.7 Å². The molecule has 0 fully saturated rings. The third-order valence-electron chi connectivity index (χ3n) is 3.36. The maximum absolute atomic E-state index is 12.4. The third kappa shape index (κ3) is 3.46. The van der Waals surface area contributed by atoms with Crippen LogP contribution in [0.1, 0.15) is 28.0 Å². The van der Waals surface area contributed by atoms with Gasteiger partial charge in [-0.15, -0.1) is 0 Å². The number of nitrogens with zero attached hydrogens (tertiary/aromatic N) is 4. The Balaban J connectivity index is 2.24. The van der Waals surface area contributed by atoms with Crippen LogP contribution in [0.25, 0.3) is 0 Å². The zero-order chi connectivity index (χ0) is 16.1. The van der Waals surface area contributed by atoms with Gasteiger partial charge in [-0.05, 0) is 12.5 Å². The normalized spacial score (nSPS) is 10.3. The maximum Gasteiger partial charge on any atom is 0.258 e. The Kier molecular flexibility index (Phi) is 5.18. The molecule has 0 aliphatic rings. The van der Waals surface area contributed by atoms with Gasteiger partial charge in [-0.2, -0.15) is 10.4 Å². The molecule has 0 bridgehead atoms. The maximum atomic E-state index is 12.4. The monoisotopic (exact) mass is 316 g/mol. The van der Waals surface area contributed by atoms with Crippen LogP contribution in [-0.4, -0.2) is 34.2 Å². The molecule has 0 saturated heterocycles. The van der Waals surface area contributed by atoms with E-state index in [2.05, 4.69) is 5.10 Å². The van der Waals surface area contributed by atoms with E-state index in [1.807, 2.05) is 36.4 Å². The number of benzene rings is 1. The van der Waals surface area contributed by atoms with Gasteiger partial charge >= 0.3 is 0 Å². The van der Waals surface area contributed by atoms with E-state index in [1.54, 1.807) is 18.7 Å². The van der Waals surface area contributed by atoms with Crippen molar-refractivity contribution in [3.8, 4) is 6.07 Å². The second-order valence-electron chi connectivity index (χ2n) is 5.03. The quantitative estimate of drug-likeness (QED) is 0.852. The minimum Gasteiger partial charge on any atom is -0.341 e. The molecule has 1 aromatic carbocycles. The van der Waals surface area contributed by atoms with Crippen LogP contribution in [0.5, 0.6) is 0 Å². The Labute approximate surface area is 134 Å². The minimum absolute atomic E-state index is 0.211.